The lowest BCUT2D eigenvalue weighted by molar-refractivity contribution is 0.500. The van der Waals surface area contributed by atoms with Gasteiger partial charge in [0, 0.05) is 24.7 Å². The average molecular weight is 271 g/mol. The van der Waals surface area contributed by atoms with Gasteiger partial charge in [0.1, 0.15) is 0 Å². The number of hydrogen-bond acceptors (Lipinski definition) is 4. The second kappa shape index (κ2) is 5.25. The number of aromatic amines is 1. The zero-order valence-corrected chi connectivity index (χ0v) is 12.1. The summed E-state index contributed by atoms with van der Waals surface area (Å²) in [4.78, 5) is 6.79. The highest BCUT2D eigenvalue weighted by molar-refractivity contribution is 5.58. The van der Waals surface area contributed by atoms with Gasteiger partial charge in [0.25, 0.3) is 0 Å². The Morgan fingerprint density at radius 1 is 1.25 bits per heavy atom. The maximum absolute atomic E-state index is 6.01. The van der Waals surface area contributed by atoms with Crippen molar-refractivity contribution in [2.24, 2.45) is 5.73 Å². The van der Waals surface area contributed by atoms with Gasteiger partial charge in [-0.3, -0.25) is 5.10 Å². The van der Waals surface area contributed by atoms with E-state index in [0.29, 0.717) is 0 Å². The van der Waals surface area contributed by atoms with Crippen molar-refractivity contribution in [3.8, 4) is 11.4 Å². The Balaban J connectivity index is 1.86. The van der Waals surface area contributed by atoms with Crippen molar-refractivity contribution in [3.63, 3.8) is 0 Å². The molecule has 0 spiro atoms. The second-order valence-corrected chi connectivity index (χ2v) is 5.71. The van der Waals surface area contributed by atoms with Gasteiger partial charge >= 0.3 is 0 Å². The molecule has 1 aromatic heterocycles. The molecule has 1 unspecified atom stereocenters. The number of anilines is 1. The summed E-state index contributed by atoms with van der Waals surface area (Å²) in [6.07, 6.45) is 2.19. The molecule has 1 aliphatic heterocycles. The summed E-state index contributed by atoms with van der Waals surface area (Å²) < 4.78 is 0. The van der Waals surface area contributed by atoms with E-state index in [4.69, 9.17) is 5.73 Å². The standard InChI is InChI=1S/C15H21N5/c1-10-6-11(2)8-12(7-10)14-17-15(19-18-14)20-5-3-4-13(16)9-20/h6-8,13H,3-5,9,16H2,1-2H3,(H,17,18,19). The van der Waals surface area contributed by atoms with Gasteiger partial charge in [0.05, 0.1) is 0 Å². The fourth-order valence-electron chi connectivity index (χ4n) is 2.83. The van der Waals surface area contributed by atoms with Gasteiger partial charge in [0.2, 0.25) is 5.95 Å². The number of rotatable bonds is 2. The Morgan fingerprint density at radius 3 is 2.70 bits per heavy atom. The molecular weight excluding hydrogens is 250 g/mol. The molecular formula is C15H21N5. The second-order valence-electron chi connectivity index (χ2n) is 5.71. The van der Waals surface area contributed by atoms with Crippen LogP contribution in [0.5, 0.6) is 0 Å². The maximum Gasteiger partial charge on any atom is 0.245 e. The monoisotopic (exact) mass is 271 g/mol. The van der Waals surface area contributed by atoms with Gasteiger partial charge in [-0.15, -0.1) is 5.10 Å². The summed E-state index contributed by atoms with van der Waals surface area (Å²) in [7, 11) is 0. The molecule has 2 heterocycles. The van der Waals surface area contributed by atoms with Crippen molar-refractivity contribution in [2.75, 3.05) is 18.0 Å². The fraction of sp³-hybridized carbons (Fsp3) is 0.467. The Kier molecular flexibility index (Phi) is 3.44. The predicted molar refractivity (Wildman–Crippen MR) is 80.7 cm³/mol. The van der Waals surface area contributed by atoms with Crippen LogP contribution in [0.2, 0.25) is 0 Å². The third-order valence-corrected chi connectivity index (χ3v) is 3.71. The Morgan fingerprint density at radius 2 is 2.00 bits per heavy atom. The number of piperidine rings is 1. The number of nitrogens with zero attached hydrogens (tertiary/aromatic N) is 3. The van der Waals surface area contributed by atoms with E-state index in [-0.39, 0.29) is 6.04 Å². The minimum absolute atomic E-state index is 0.229. The van der Waals surface area contributed by atoms with E-state index >= 15 is 0 Å². The van der Waals surface area contributed by atoms with Gasteiger partial charge in [-0.2, -0.15) is 4.98 Å². The molecule has 2 aromatic rings. The van der Waals surface area contributed by atoms with Gasteiger partial charge in [-0.05, 0) is 38.8 Å². The summed E-state index contributed by atoms with van der Waals surface area (Å²) in [5.41, 5.74) is 9.57. The largest absolute Gasteiger partial charge is 0.338 e. The van der Waals surface area contributed by atoms with E-state index in [0.717, 1.165) is 43.3 Å². The van der Waals surface area contributed by atoms with Crippen LogP contribution in [-0.2, 0) is 0 Å². The lowest BCUT2D eigenvalue weighted by Gasteiger charge is -2.29. The Hall–Kier alpha value is -1.88. The van der Waals surface area contributed by atoms with Crippen LogP contribution in [0, 0.1) is 13.8 Å². The van der Waals surface area contributed by atoms with E-state index < -0.39 is 0 Å². The minimum Gasteiger partial charge on any atom is -0.338 e. The summed E-state index contributed by atoms with van der Waals surface area (Å²) in [6, 6.07) is 6.63. The van der Waals surface area contributed by atoms with Crippen LogP contribution >= 0.6 is 0 Å². The highest BCUT2D eigenvalue weighted by Gasteiger charge is 2.20. The van der Waals surface area contributed by atoms with Crippen LogP contribution in [0.15, 0.2) is 18.2 Å². The quantitative estimate of drug-likeness (QED) is 0.876. The third kappa shape index (κ3) is 2.67. The number of aromatic nitrogens is 3. The van der Waals surface area contributed by atoms with Crippen LogP contribution in [0.25, 0.3) is 11.4 Å². The number of H-pyrrole nitrogens is 1. The molecule has 5 nitrogen and oxygen atoms in total. The van der Waals surface area contributed by atoms with Crippen molar-refractivity contribution >= 4 is 5.95 Å². The highest BCUT2D eigenvalue weighted by Crippen LogP contribution is 2.22. The van der Waals surface area contributed by atoms with Gasteiger partial charge in [-0.25, -0.2) is 0 Å². The first-order valence-electron chi connectivity index (χ1n) is 7.13. The first-order valence-corrected chi connectivity index (χ1v) is 7.13. The summed E-state index contributed by atoms with van der Waals surface area (Å²) in [6.45, 7) is 6.01. The molecule has 1 atom stereocenters. The first kappa shape index (κ1) is 13.1. The SMILES string of the molecule is Cc1cc(C)cc(-c2nc(N3CCCC(N)C3)n[nH]2)c1. The Labute approximate surface area is 119 Å². The number of aryl methyl sites for hydroxylation is 2. The summed E-state index contributed by atoms with van der Waals surface area (Å²) in [5, 5.41) is 7.39. The van der Waals surface area contributed by atoms with E-state index in [9.17, 15) is 0 Å². The van der Waals surface area contributed by atoms with Crippen LogP contribution in [-0.4, -0.2) is 34.3 Å². The number of nitrogens with two attached hydrogens (primary N) is 1. The molecule has 20 heavy (non-hydrogen) atoms. The minimum atomic E-state index is 0.229. The smallest absolute Gasteiger partial charge is 0.245 e. The van der Waals surface area contributed by atoms with Crippen LogP contribution in [0.3, 0.4) is 0 Å². The summed E-state index contributed by atoms with van der Waals surface area (Å²) in [5.74, 6) is 1.58. The van der Waals surface area contributed by atoms with E-state index in [1.807, 2.05) is 0 Å². The zero-order valence-electron chi connectivity index (χ0n) is 12.1. The average Bonchev–Trinajstić information content (AvgIpc) is 2.87. The van der Waals surface area contributed by atoms with Gasteiger partial charge < -0.3 is 10.6 Å². The lowest BCUT2D eigenvalue weighted by atomic mass is 10.1. The molecule has 0 bridgehead atoms. The molecule has 1 saturated heterocycles. The molecule has 3 N–H and O–H groups in total. The van der Waals surface area contributed by atoms with Crippen LogP contribution in [0.4, 0.5) is 5.95 Å². The van der Waals surface area contributed by atoms with E-state index in [2.05, 4.69) is 52.1 Å². The first-order chi connectivity index (χ1) is 9.61. The van der Waals surface area contributed by atoms with E-state index in [1.54, 1.807) is 0 Å². The predicted octanol–water partition coefficient (Wildman–Crippen LogP) is 2.02. The van der Waals surface area contributed by atoms with Crippen molar-refractivity contribution in [1.82, 2.24) is 15.2 Å². The van der Waals surface area contributed by atoms with Crippen LogP contribution < -0.4 is 10.6 Å². The van der Waals surface area contributed by atoms with Crippen molar-refractivity contribution in [3.05, 3.63) is 29.3 Å². The molecule has 0 saturated carbocycles. The molecule has 1 aliphatic rings. The fourth-order valence-corrected chi connectivity index (χ4v) is 2.83. The number of benzene rings is 1. The molecule has 0 amide bonds. The molecule has 1 aromatic carbocycles. The van der Waals surface area contributed by atoms with Crippen molar-refractivity contribution < 1.29 is 0 Å². The normalized spacial score (nSPS) is 19.4. The molecule has 3 rings (SSSR count). The lowest BCUT2D eigenvalue weighted by Crippen LogP contribution is -2.43. The van der Waals surface area contributed by atoms with E-state index in [1.165, 1.54) is 11.1 Å². The third-order valence-electron chi connectivity index (χ3n) is 3.71. The maximum atomic E-state index is 6.01. The molecule has 1 fully saturated rings. The number of nitrogens with one attached hydrogen (secondary N) is 1. The van der Waals surface area contributed by atoms with Crippen LogP contribution in [0.1, 0.15) is 24.0 Å². The van der Waals surface area contributed by atoms with Gasteiger partial charge in [0.15, 0.2) is 5.82 Å². The highest BCUT2D eigenvalue weighted by atomic mass is 15.4. The zero-order chi connectivity index (χ0) is 14.1. The van der Waals surface area contributed by atoms with Gasteiger partial charge in [-0.1, -0.05) is 17.2 Å². The molecule has 0 aliphatic carbocycles. The van der Waals surface area contributed by atoms with Crippen molar-refractivity contribution in [2.45, 2.75) is 32.7 Å². The number of hydrogen-bond donors (Lipinski definition) is 2. The molecule has 106 valence electrons. The van der Waals surface area contributed by atoms with Crippen molar-refractivity contribution in [1.29, 1.82) is 0 Å². The molecule has 0 radical (unpaired) electrons. The Bertz CT molecular complexity index is 584. The topological polar surface area (TPSA) is 70.8 Å². The molecule has 5 heteroatoms. The summed E-state index contributed by atoms with van der Waals surface area (Å²) >= 11 is 0.